The van der Waals surface area contributed by atoms with Gasteiger partial charge in [-0.25, -0.2) is 0 Å². The molecular formula is C20H21NO5. The van der Waals surface area contributed by atoms with Crippen LogP contribution in [-0.2, 0) is 22.7 Å². The smallest absolute Gasteiger partial charge is 0.308 e. The highest BCUT2D eigenvalue weighted by Gasteiger charge is 2.34. The number of amides is 1. The van der Waals surface area contributed by atoms with Crippen molar-refractivity contribution < 1.29 is 24.2 Å². The fourth-order valence-corrected chi connectivity index (χ4v) is 2.96. The molecule has 6 heteroatoms. The van der Waals surface area contributed by atoms with Crippen LogP contribution >= 0.6 is 0 Å². The molecule has 1 aliphatic rings. The minimum atomic E-state index is -0.934. The summed E-state index contributed by atoms with van der Waals surface area (Å²) in [6, 6.07) is 15.2. The van der Waals surface area contributed by atoms with Gasteiger partial charge in [0.25, 0.3) is 0 Å². The van der Waals surface area contributed by atoms with Gasteiger partial charge in [-0.1, -0.05) is 30.3 Å². The van der Waals surface area contributed by atoms with E-state index in [0.717, 1.165) is 11.1 Å². The molecule has 3 rings (SSSR count). The summed E-state index contributed by atoms with van der Waals surface area (Å²) in [6.45, 7) is 0.932. The van der Waals surface area contributed by atoms with Crippen molar-refractivity contribution in [3.8, 4) is 11.5 Å². The van der Waals surface area contributed by atoms with Gasteiger partial charge in [0.1, 0.15) is 18.1 Å². The molecule has 1 atom stereocenters. The molecule has 1 aliphatic heterocycles. The van der Waals surface area contributed by atoms with E-state index in [4.69, 9.17) is 14.6 Å². The lowest BCUT2D eigenvalue weighted by atomic mass is 10.1. The molecule has 6 nitrogen and oxygen atoms in total. The average molecular weight is 355 g/mol. The number of nitrogens with zero attached hydrogens (tertiary/aromatic N) is 1. The van der Waals surface area contributed by atoms with Crippen LogP contribution in [0.1, 0.15) is 17.5 Å². The highest BCUT2D eigenvalue weighted by atomic mass is 16.5. The second-order valence-corrected chi connectivity index (χ2v) is 6.26. The molecule has 136 valence electrons. The number of rotatable bonds is 7. The van der Waals surface area contributed by atoms with Gasteiger partial charge in [0, 0.05) is 31.1 Å². The largest absolute Gasteiger partial charge is 0.497 e. The van der Waals surface area contributed by atoms with Crippen LogP contribution < -0.4 is 9.47 Å². The number of benzene rings is 2. The van der Waals surface area contributed by atoms with Crippen LogP contribution in [0, 0.1) is 5.92 Å². The Morgan fingerprint density at radius 3 is 2.65 bits per heavy atom. The Bertz CT molecular complexity index is 790. The van der Waals surface area contributed by atoms with Gasteiger partial charge >= 0.3 is 5.97 Å². The summed E-state index contributed by atoms with van der Waals surface area (Å²) in [5.74, 6) is -0.444. The Kier molecular flexibility index (Phi) is 5.41. The van der Waals surface area contributed by atoms with E-state index in [1.807, 2.05) is 36.4 Å². The number of likely N-dealkylation sites (tertiary alicyclic amines) is 1. The van der Waals surface area contributed by atoms with Crippen molar-refractivity contribution in [1.82, 2.24) is 4.90 Å². The van der Waals surface area contributed by atoms with Crippen LogP contribution in [0.5, 0.6) is 11.5 Å². The molecule has 1 heterocycles. The van der Waals surface area contributed by atoms with E-state index in [-0.39, 0.29) is 18.9 Å². The SMILES string of the molecule is COc1ccc(CN2CC(C(=O)O)CC2=O)c(OCc2ccccc2)c1. The lowest BCUT2D eigenvalue weighted by molar-refractivity contribution is -0.141. The number of carboxylic acid groups (broad SMARTS) is 1. The number of carbonyl (C=O) groups is 2. The lowest BCUT2D eigenvalue weighted by Gasteiger charge is -2.19. The molecule has 1 N–H and O–H groups in total. The van der Waals surface area contributed by atoms with Crippen molar-refractivity contribution in [3.05, 3.63) is 59.7 Å². The van der Waals surface area contributed by atoms with Gasteiger partial charge in [-0.05, 0) is 17.7 Å². The molecule has 1 unspecified atom stereocenters. The normalized spacial score (nSPS) is 16.6. The molecule has 1 amide bonds. The maximum atomic E-state index is 12.1. The third-order valence-electron chi connectivity index (χ3n) is 4.44. The first-order valence-electron chi connectivity index (χ1n) is 8.41. The van der Waals surface area contributed by atoms with Gasteiger partial charge in [-0.3, -0.25) is 9.59 Å². The topological polar surface area (TPSA) is 76.1 Å². The van der Waals surface area contributed by atoms with Crippen LogP contribution in [0.25, 0.3) is 0 Å². The van der Waals surface area contributed by atoms with Gasteiger partial charge in [-0.2, -0.15) is 0 Å². The van der Waals surface area contributed by atoms with E-state index in [1.165, 1.54) is 0 Å². The summed E-state index contributed by atoms with van der Waals surface area (Å²) >= 11 is 0. The van der Waals surface area contributed by atoms with Crippen molar-refractivity contribution in [3.63, 3.8) is 0 Å². The summed E-state index contributed by atoms with van der Waals surface area (Å²) in [7, 11) is 1.58. The molecule has 26 heavy (non-hydrogen) atoms. The van der Waals surface area contributed by atoms with Crippen LogP contribution in [0.15, 0.2) is 48.5 Å². The first-order chi connectivity index (χ1) is 12.6. The van der Waals surface area contributed by atoms with Crippen molar-refractivity contribution in [1.29, 1.82) is 0 Å². The molecule has 0 radical (unpaired) electrons. The van der Waals surface area contributed by atoms with Crippen LogP contribution in [0.2, 0.25) is 0 Å². The zero-order valence-electron chi connectivity index (χ0n) is 14.6. The molecular weight excluding hydrogens is 334 g/mol. The lowest BCUT2D eigenvalue weighted by Crippen LogP contribution is -2.26. The van der Waals surface area contributed by atoms with Gasteiger partial charge in [-0.15, -0.1) is 0 Å². The van der Waals surface area contributed by atoms with Crippen LogP contribution in [0.4, 0.5) is 0 Å². The highest BCUT2D eigenvalue weighted by Crippen LogP contribution is 2.29. The Labute approximate surface area is 152 Å². The van der Waals surface area contributed by atoms with E-state index in [2.05, 4.69) is 0 Å². The predicted octanol–water partition coefficient (Wildman–Crippen LogP) is 2.71. The molecule has 0 aliphatic carbocycles. The zero-order valence-corrected chi connectivity index (χ0v) is 14.6. The van der Waals surface area contributed by atoms with E-state index >= 15 is 0 Å². The standard InChI is InChI=1S/C20H21NO5/c1-25-17-8-7-15(11-21-12-16(20(23)24)9-19(21)22)18(10-17)26-13-14-5-3-2-4-6-14/h2-8,10,16H,9,11-13H2,1H3,(H,23,24). The number of hydrogen-bond acceptors (Lipinski definition) is 4. The first-order valence-corrected chi connectivity index (χ1v) is 8.41. The second kappa shape index (κ2) is 7.91. The monoisotopic (exact) mass is 355 g/mol. The Morgan fingerprint density at radius 1 is 1.23 bits per heavy atom. The molecule has 0 spiro atoms. The Balaban J connectivity index is 1.76. The molecule has 0 bridgehead atoms. The minimum absolute atomic E-state index is 0.0473. The number of methoxy groups -OCH3 is 1. The summed E-state index contributed by atoms with van der Waals surface area (Å²) < 4.78 is 11.2. The van der Waals surface area contributed by atoms with Gasteiger partial charge in [0.2, 0.25) is 5.91 Å². The maximum absolute atomic E-state index is 12.1. The Hall–Kier alpha value is -3.02. The summed E-state index contributed by atoms with van der Waals surface area (Å²) in [4.78, 5) is 24.8. The average Bonchev–Trinajstić information content (AvgIpc) is 3.02. The molecule has 0 saturated carbocycles. The van der Waals surface area contributed by atoms with E-state index in [0.29, 0.717) is 24.7 Å². The van der Waals surface area contributed by atoms with Gasteiger partial charge in [0.05, 0.1) is 13.0 Å². The third kappa shape index (κ3) is 4.14. The fraction of sp³-hybridized carbons (Fsp3) is 0.300. The molecule has 2 aromatic carbocycles. The number of aliphatic carboxylic acids is 1. The van der Waals surface area contributed by atoms with Gasteiger partial charge < -0.3 is 19.5 Å². The van der Waals surface area contributed by atoms with E-state index < -0.39 is 11.9 Å². The second-order valence-electron chi connectivity index (χ2n) is 6.26. The zero-order chi connectivity index (χ0) is 18.5. The number of ether oxygens (including phenoxy) is 2. The minimum Gasteiger partial charge on any atom is -0.497 e. The van der Waals surface area contributed by atoms with Crippen molar-refractivity contribution >= 4 is 11.9 Å². The molecule has 2 aromatic rings. The summed E-state index contributed by atoms with van der Waals surface area (Å²) in [5, 5.41) is 9.13. The van der Waals surface area contributed by atoms with Crippen LogP contribution in [0.3, 0.4) is 0 Å². The maximum Gasteiger partial charge on any atom is 0.308 e. The summed E-state index contributed by atoms with van der Waals surface area (Å²) in [5.41, 5.74) is 1.85. The van der Waals surface area contributed by atoms with Crippen LogP contribution in [-0.4, -0.2) is 35.5 Å². The van der Waals surface area contributed by atoms with Crippen molar-refractivity contribution in [2.24, 2.45) is 5.92 Å². The Morgan fingerprint density at radius 2 is 2.00 bits per heavy atom. The summed E-state index contributed by atoms with van der Waals surface area (Å²) in [6.07, 6.45) is 0.0473. The predicted molar refractivity (Wildman–Crippen MR) is 94.9 cm³/mol. The molecule has 1 fully saturated rings. The third-order valence-corrected chi connectivity index (χ3v) is 4.44. The van der Waals surface area contributed by atoms with E-state index in [1.54, 1.807) is 24.1 Å². The molecule has 1 saturated heterocycles. The number of hydrogen-bond donors (Lipinski definition) is 1. The fourth-order valence-electron chi connectivity index (χ4n) is 2.96. The quantitative estimate of drug-likeness (QED) is 0.826. The van der Waals surface area contributed by atoms with Crippen molar-refractivity contribution in [2.45, 2.75) is 19.6 Å². The van der Waals surface area contributed by atoms with E-state index in [9.17, 15) is 9.59 Å². The molecule has 0 aromatic heterocycles. The number of carboxylic acids is 1. The number of carbonyl (C=O) groups excluding carboxylic acids is 1. The van der Waals surface area contributed by atoms with Gasteiger partial charge in [0.15, 0.2) is 0 Å². The highest BCUT2D eigenvalue weighted by molar-refractivity contribution is 5.86. The van der Waals surface area contributed by atoms with Crippen molar-refractivity contribution in [2.75, 3.05) is 13.7 Å². The first kappa shape index (κ1) is 17.8.